The second-order valence-corrected chi connectivity index (χ2v) is 5.16. The van der Waals surface area contributed by atoms with Crippen LogP contribution in [0.1, 0.15) is 19.1 Å². The van der Waals surface area contributed by atoms with Crippen molar-refractivity contribution >= 4 is 23.3 Å². The normalized spacial score (nSPS) is 10.2. The molecule has 0 saturated carbocycles. The zero-order valence-corrected chi connectivity index (χ0v) is 14.1. The summed E-state index contributed by atoms with van der Waals surface area (Å²) < 4.78 is 15.1. The first-order chi connectivity index (χ1) is 12.5. The van der Waals surface area contributed by atoms with Gasteiger partial charge in [0.1, 0.15) is 17.2 Å². The van der Waals surface area contributed by atoms with Crippen molar-refractivity contribution in [2.45, 2.75) is 19.8 Å². The van der Waals surface area contributed by atoms with Gasteiger partial charge in [-0.15, -0.1) is 0 Å². The molecule has 9 nitrogen and oxygen atoms in total. The van der Waals surface area contributed by atoms with Crippen molar-refractivity contribution in [2.24, 2.45) is 0 Å². The number of rotatable bonds is 9. The van der Waals surface area contributed by atoms with Crippen LogP contribution in [0.4, 0.5) is 11.4 Å². The van der Waals surface area contributed by atoms with Crippen molar-refractivity contribution in [3.63, 3.8) is 0 Å². The maximum absolute atomic E-state index is 11.9. The molecule has 0 unspecified atom stereocenters. The van der Waals surface area contributed by atoms with E-state index >= 15 is 0 Å². The summed E-state index contributed by atoms with van der Waals surface area (Å²) in [5.74, 6) is -0.292. The molecule has 2 rings (SSSR count). The van der Waals surface area contributed by atoms with Gasteiger partial charge in [0.15, 0.2) is 6.61 Å². The number of furan rings is 1. The van der Waals surface area contributed by atoms with Crippen LogP contribution in [0.2, 0.25) is 0 Å². The zero-order chi connectivity index (χ0) is 18.9. The van der Waals surface area contributed by atoms with Crippen LogP contribution in [-0.2, 0) is 20.7 Å². The van der Waals surface area contributed by atoms with E-state index in [0.717, 1.165) is 0 Å². The molecule has 26 heavy (non-hydrogen) atoms. The Bertz CT molecular complexity index is 771. The van der Waals surface area contributed by atoms with Gasteiger partial charge in [0, 0.05) is 6.42 Å². The zero-order valence-electron chi connectivity index (χ0n) is 14.1. The number of hydrogen-bond donors (Lipinski definition) is 1. The number of nitrogens with zero attached hydrogens (tertiary/aromatic N) is 1. The predicted molar refractivity (Wildman–Crippen MR) is 90.9 cm³/mol. The molecule has 0 spiro atoms. The van der Waals surface area contributed by atoms with Crippen molar-refractivity contribution in [2.75, 3.05) is 18.5 Å². The van der Waals surface area contributed by atoms with Crippen LogP contribution < -0.4 is 10.1 Å². The summed E-state index contributed by atoms with van der Waals surface area (Å²) >= 11 is 0. The highest BCUT2D eigenvalue weighted by Crippen LogP contribution is 2.29. The molecular formula is C17H18N2O7. The first-order valence-electron chi connectivity index (χ1n) is 7.88. The number of carbonyl (C=O) groups excluding carboxylic acids is 2. The Balaban J connectivity index is 1.86. The summed E-state index contributed by atoms with van der Waals surface area (Å²) in [6.07, 6.45) is 1.92. The smallest absolute Gasteiger partial charge is 0.306 e. The third kappa shape index (κ3) is 5.62. The summed E-state index contributed by atoms with van der Waals surface area (Å²) in [6.45, 7) is 1.57. The molecule has 0 aliphatic heterocycles. The van der Waals surface area contributed by atoms with E-state index in [9.17, 15) is 19.7 Å². The molecular weight excluding hydrogens is 344 g/mol. The van der Waals surface area contributed by atoms with Crippen LogP contribution in [0, 0.1) is 10.1 Å². The van der Waals surface area contributed by atoms with Crippen molar-refractivity contribution in [3.05, 3.63) is 52.5 Å². The highest BCUT2D eigenvalue weighted by atomic mass is 16.6. The molecule has 1 aromatic carbocycles. The quantitative estimate of drug-likeness (QED) is 0.413. The van der Waals surface area contributed by atoms with Gasteiger partial charge in [-0.25, -0.2) is 0 Å². The number of nitrogens with one attached hydrogen (secondary N) is 1. The summed E-state index contributed by atoms with van der Waals surface area (Å²) in [5, 5.41) is 13.5. The van der Waals surface area contributed by atoms with E-state index in [0.29, 0.717) is 24.5 Å². The number of nitro groups is 1. The second-order valence-electron chi connectivity index (χ2n) is 5.16. The van der Waals surface area contributed by atoms with Gasteiger partial charge < -0.3 is 19.2 Å². The summed E-state index contributed by atoms with van der Waals surface area (Å²) in [5.41, 5.74) is -0.316. The molecule has 138 valence electrons. The Hall–Kier alpha value is -3.36. The van der Waals surface area contributed by atoms with E-state index in [1.165, 1.54) is 24.5 Å². The van der Waals surface area contributed by atoms with Gasteiger partial charge in [0.2, 0.25) is 0 Å². The second kappa shape index (κ2) is 9.21. The number of anilines is 1. The fraction of sp³-hybridized carbons (Fsp3) is 0.294. The fourth-order valence-corrected chi connectivity index (χ4v) is 2.11. The van der Waals surface area contributed by atoms with Crippen molar-refractivity contribution in [3.8, 4) is 5.75 Å². The van der Waals surface area contributed by atoms with E-state index in [1.807, 2.05) is 0 Å². The third-order valence-corrected chi connectivity index (χ3v) is 3.27. The number of nitro benzene ring substituents is 1. The van der Waals surface area contributed by atoms with Crippen LogP contribution in [0.3, 0.4) is 0 Å². The molecule has 2 aromatic rings. The SMILES string of the molecule is CCOc1ccc(NC(=O)COC(=O)CCc2ccco2)c([N+](=O)[O-])c1. The maximum atomic E-state index is 11.9. The Kier molecular flexibility index (Phi) is 6.72. The van der Waals surface area contributed by atoms with Gasteiger partial charge in [0.05, 0.1) is 30.3 Å². The van der Waals surface area contributed by atoms with Crippen LogP contribution in [0.5, 0.6) is 5.75 Å². The third-order valence-electron chi connectivity index (χ3n) is 3.27. The lowest BCUT2D eigenvalue weighted by Crippen LogP contribution is -2.21. The highest BCUT2D eigenvalue weighted by Gasteiger charge is 2.18. The van der Waals surface area contributed by atoms with Crippen molar-refractivity contribution in [1.29, 1.82) is 0 Å². The van der Waals surface area contributed by atoms with E-state index in [1.54, 1.807) is 19.1 Å². The Morgan fingerprint density at radius 3 is 2.77 bits per heavy atom. The Morgan fingerprint density at radius 1 is 1.31 bits per heavy atom. The maximum Gasteiger partial charge on any atom is 0.306 e. The van der Waals surface area contributed by atoms with E-state index in [4.69, 9.17) is 13.9 Å². The largest absolute Gasteiger partial charge is 0.494 e. The van der Waals surface area contributed by atoms with E-state index in [2.05, 4.69) is 5.32 Å². The molecule has 1 amide bonds. The number of aryl methyl sites for hydroxylation is 1. The molecule has 0 fully saturated rings. The van der Waals surface area contributed by atoms with E-state index < -0.39 is 23.4 Å². The van der Waals surface area contributed by atoms with Crippen molar-refractivity contribution < 1.29 is 28.4 Å². The van der Waals surface area contributed by atoms with Gasteiger partial charge >= 0.3 is 5.97 Å². The molecule has 1 N–H and O–H groups in total. The predicted octanol–water partition coefficient (Wildman–Crippen LogP) is 2.70. The molecule has 0 aliphatic rings. The molecule has 9 heteroatoms. The van der Waals surface area contributed by atoms with Crippen LogP contribution in [0.25, 0.3) is 0 Å². The van der Waals surface area contributed by atoms with Gasteiger partial charge in [0.25, 0.3) is 11.6 Å². The van der Waals surface area contributed by atoms with Gasteiger partial charge in [-0.2, -0.15) is 0 Å². The van der Waals surface area contributed by atoms with E-state index in [-0.39, 0.29) is 17.8 Å². The van der Waals surface area contributed by atoms with Gasteiger partial charge in [-0.05, 0) is 31.2 Å². The molecule has 0 saturated heterocycles. The number of ether oxygens (including phenoxy) is 2. The van der Waals surface area contributed by atoms with Crippen LogP contribution >= 0.6 is 0 Å². The lowest BCUT2D eigenvalue weighted by atomic mass is 10.2. The minimum absolute atomic E-state index is 0.00455. The van der Waals surface area contributed by atoms with Gasteiger partial charge in [-0.3, -0.25) is 19.7 Å². The fourth-order valence-electron chi connectivity index (χ4n) is 2.11. The minimum atomic E-state index is -0.677. The van der Waals surface area contributed by atoms with Crippen LogP contribution in [-0.4, -0.2) is 30.0 Å². The average molecular weight is 362 g/mol. The molecule has 0 aliphatic carbocycles. The number of benzene rings is 1. The number of carbonyl (C=O) groups is 2. The molecule has 1 heterocycles. The summed E-state index contributed by atoms with van der Waals surface area (Å²) in [7, 11) is 0. The first-order valence-corrected chi connectivity index (χ1v) is 7.88. The molecule has 0 radical (unpaired) electrons. The van der Waals surface area contributed by atoms with Gasteiger partial charge in [-0.1, -0.05) is 0 Å². The molecule has 1 aromatic heterocycles. The monoisotopic (exact) mass is 362 g/mol. The average Bonchev–Trinajstić information content (AvgIpc) is 3.13. The summed E-state index contributed by atoms with van der Waals surface area (Å²) in [4.78, 5) is 34.0. The highest BCUT2D eigenvalue weighted by molar-refractivity contribution is 5.95. The number of amides is 1. The number of esters is 1. The lowest BCUT2D eigenvalue weighted by Gasteiger charge is -2.09. The first kappa shape index (κ1) is 19.0. The molecule has 0 atom stereocenters. The van der Waals surface area contributed by atoms with Crippen LogP contribution in [0.15, 0.2) is 41.0 Å². The Labute approximate surface area is 149 Å². The Morgan fingerprint density at radius 2 is 2.12 bits per heavy atom. The lowest BCUT2D eigenvalue weighted by molar-refractivity contribution is -0.384. The topological polar surface area (TPSA) is 121 Å². The number of hydrogen-bond acceptors (Lipinski definition) is 7. The minimum Gasteiger partial charge on any atom is -0.494 e. The summed E-state index contributed by atoms with van der Waals surface area (Å²) in [6, 6.07) is 7.51. The standard InChI is InChI=1S/C17H18N2O7/c1-2-24-13-5-7-14(15(10-13)19(22)23)18-16(20)11-26-17(21)8-6-12-4-3-9-25-12/h3-5,7,9-10H,2,6,8,11H2,1H3,(H,18,20). The van der Waals surface area contributed by atoms with Crippen molar-refractivity contribution in [1.82, 2.24) is 0 Å². The molecule has 0 bridgehead atoms.